The van der Waals surface area contributed by atoms with Crippen molar-refractivity contribution in [2.24, 2.45) is 0 Å². The highest BCUT2D eigenvalue weighted by Crippen LogP contribution is 2.45. The molecule has 1 saturated carbocycles. The van der Waals surface area contributed by atoms with Gasteiger partial charge in [0.25, 0.3) is 0 Å². The molecule has 34 heavy (non-hydrogen) atoms. The highest BCUT2D eigenvalue weighted by atomic mass is 16.7. The number of ketones is 1. The van der Waals surface area contributed by atoms with Crippen molar-refractivity contribution < 1.29 is 19.0 Å². The zero-order chi connectivity index (χ0) is 23.6. The first-order chi connectivity index (χ1) is 16.5. The fraction of sp³-hybridized carbons (Fsp3) is 0.370. The van der Waals surface area contributed by atoms with E-state index in [-0.39, 0.29) is 12.2 Å². The molecule has 2 aliphatic rings. The number of benzene rings is 1. The largest absolute Gasteiger partial charge is 0.497 e. The van der Waals surface area contributed by atoms with Crippen LogP contribution in [0.3, 0.4) is 0 Å². The lowest BCUT2D eigenvalue weighted by molar-refractivity contribution is -0.182. The number of pyridine rings is 1. The van der Waals surface area contributed by atoms with Crippen molar-refractivity contribution in [3.8, 4) is 17.5 Å². The smallest absolute Gasteiger partial charge is 0.168 e. The molecule has 5 rings (SSSR count). The van der Waals surface area contributed by atoms with Gasteiger partial charge in [-0.2, -0.15) is 5.26 Å². The minimum absolute atomic E-state index is 0.0203. The SMILES string of the molecule is COc1ccc(-n2ccc(C(=O)Cc3ccc(C4(C#N)CCC5(CC4)OCCO5)nc3)c2)cc1. The number of aromatic nitrogens is 2. The summed E-state index contributed by atoms with van der Waals surface area (Å²) in [5, 5.41) is 9.98. The van der Waals surface area contributed by atoms with Crippen molar-refractivity contribution >= 4 is 5.78 Å². The Morgan fingerprint density at radius 3 is 2.44 bits per heavy atom. The van der Waals surface area contributed by atoms with Crippen LogP contribution in [0.25, 0.3) is 5.69 Å². The van der Waals surface area contributed by atoms with E-state index in [0.29, 0.717) is 44.5 Å². The lowest BCUT2D eigenvalue weighted by atomic mass is 9.70. The van der Waals surface area contributed by atoms with Crippen molar-refractivity contribution in [2.45, 2.75) is 43.3 Å². The summed E-state index contributed by atoms with van der Waals surface area (Å²) < 4.78 is 18.7. The maximum absolute atomic E-state index is 12.9. The van der Waals surface area contributed by atoms with Crippen LogP contribution in [0, 0.1) is 11.3 Å². The van der Waals surface area contributed by atoms with E-state index >= 15 is 0 Å². The first-order valence-corrected chi connectivity index (χ1v) is 11.6. The number of carbonyl (C=O) groups excluding carboxylic acids is 1. The van der Waals surface area contributed by atoms with Crippen molar-refractivity contribution in [3.05, 3.63) is 77.9 Å². The third kappa shape index (κ3) is 4.23. The zero-order valence-electron chi connectivity index (χ0n) is 19.2. The van der Waals surface area contributed by atoms with Gasteiger partial charge in [-0.3, -0.25) is 9.78 Å². The molecule has 7 heteroatoms. The summed E-state index contributed by atoms with van der Waals surface area (Å²) in [4.78, 5) is 17.5. The van der Waals surface area contributed by atoms with Gasteiger partial charge in [-0.1, -0.05) is 6.07 Å². The number of methoxy groups -OCH3 is 1. The van der Waals surface area contributed by atoms with Crippen LogP contribution in [0.15, 0.2) is 61.1 Å². The third-order valence-electron chi connectivity index (χ3n) is 6.96. The van der Waals surface area contributed by atoms with Gasteiger partial charge in [-0.15, -0.1) is 0 Å². The topological polar surface area (TPSA) is 86.4 Å². The van der Waals surface area contributed by atoms with E-state index in [0.717, 1.165) is 22.7 Å². The second-order valence-electron chi connectivity index (χ2n) is 8.96. The minimum Gasteiger partial charge on any atom is -0.497 e. The highest BCUT2D eigenvalue weighted by molar-refractivity contribution is 5.97. The molecule has 0 amide bonds. The average Bonchev–Trinajstić information content (AvgIpc) is 3.56. The average molecular weight is 458 g/mol. The Morgan fingerprint density at radius 1 is 1.09 bits per heavy atom. The summed E-state index contributed by atoms with van der Waals surface area (Å²) >= 11 is 0. The number of rotatable bonds is 6. The van der Waals surface area contributed by atoms with Crippen LogP contribution in [-0.2, 0) is 21.3 Å². The van der Waals surface area contributed by atoms with E-state index in [1.165, 1.54) is 0 Å². The van der Waals surface area contributed by atoms with Gasteiger partial charge in [-0.25, -0.2) is 0 Å². The molecule has 1 aromatic carbocycles. The molecule has 3 aromatic rings. The Labute approximate surface area is 198 Å². The van der Waals surface area contributed by atoms with Crippen molar-refractivity contribution in [1.29, 1.82) is 5.26 Å². The Balaban J connectivity index is 1.25. The standard InChI is InChI=1S/C27H27N3O4/c1-32-23-5-3-22(4-6-23)30-13-8-21(18-30)24(31)16-20-2-7-25(29-17-20)26(19-28)9-11-27(12-10-26)33-14-15-34-27/h2-8,13,17-18H,9-12,14-16H2,1H3. The minimum atomic E-state index is -0.640. The van der Waals surface area contributed by atoms with Crippen LogP contribution < -0.4 is 4.74 Å². The molecule has 2 fully saturated rings. The molecule has 1 saturated heterocycles. The van der Waals surface area contributed by atoms with Gasteiger partial charge in [0.1, 0.15) is 5.75 Å². The molecule has 174 valence electrons. The van der Waals surface area contributed by atoms with Crippen LogP contribution in [-0.4, -0.2) is 41.4 Å². The second kappa shape index (κ2) is 9.05. The van der Waals surface area contributed by atoms with E-state index in [9.17, 15) is 10.1 Å². The van der Waals surface area contributed by atoms with E-state index in [2.05, 4.69) is 11.1 Å². The van der Waals surface area contributed by atoms with Crippen LogP contribution >= 0.6 is 0 Å². The Morgan fingerprint density at radius 2 is 1.82 bits per heavy atom. The predicted molar refractivity (Wildman–Crippen MR) is 125 cm³/mol. The fourth-order valence-electron chi connectivity index (χ4n) is 4.84. The van der Waals surface area contributed by atoms with Crippen LogP contribution in [0.4, 0.5) is 0 Å². The van der Waals surface area contributed by atoms with Gasteiger partial charge in [0.2, 0.25) is 0 Å². The summed E-state index contributed by atoms with van der Waals surface area (Å²) in [6.45, 7) is 1.23. The van der Waals surface area contributed by atoms with Gasteiger partial charge in [0.05, 0.1) is 37.5 Å². The van der Waals surface area contributed by atoms with Crippen molar-refractivity contribution in [1.82, 2.24) is 9.55 Å². The lowest BCUT2D eigenvalue weighted by Gasteiger charge is -2.39. The molecular formula is C27H27N3O4. The van der Waals surface area contributed by atoms with E-state index < -0.39 is 11.2 Å². The highest BCUT2D eigenvalue weighted by Gasteiger charge is 2.48. The number of carbonyl (C=O) groups is 1. The Hall–Kier alpha value is -3.47. The second-order valence-corrected chi connectivity index (χ2v) is 8.96. The summed E-state index contributed by atoms with van der Waals surface area (Å²) in [5.74, 6) is 0.288. The first kappa shape index (κ1) is 22.3. The molecule has 0 N–H and O–H groups in total. The van der Waals surface area contributed by atoms with Crippen molar-refractivity contribution in [2.75, 3.05) is 20.3 Å². The first-order valence-electron chi connectivity index (χ1n) is 11.6. The quantitative estimate of drug-likeness (QED) is 0.511. The van der Waals surface area contributed by atoms with Crippen molar-refractivity contribution in [3.63, 3.8) is 0 Å². The number of hydrogen-bond acceptors (Lipinski definition) is 6. The molecule has 7 nitrogen and oxygen atoms in total. The molecule has 0 radical (unpaired) electrons. The molecule has 0 atom stereocenters. The molecule has 0 bridgehead atoms. The molecule has 1 aliphatic heterocycles. The van der Waals surface area contributed by atoms with Gasteiger partial charge in [-0.05, 0) is 54.8 Å². The zero-order valence-corrected chi connectivity index (χ0v) is 19.2. The van der Waals surface area contributed by atoms with E-state index in [1.54, 1.807) is 13.3 Å². The molecule has 0 unspecified atom stereocenters. The summed E-state index contributed by atoms with van der Waals surface area (Å²) in [6, 6.07) is 15.8. The molecule has 2 aromatic heterocycles. The van der Waals surface area contributed by atoms with E-state index in [4.69, 9.17) is 14.2 Å². The number of nitriles is 1. The molecule has 1 spiro atoms. The number of hydrogen-bond donors (Lipinski definition) is 0. The van der Waals surface area contributed by atoms with Gasteiger partial charge >= 0.3 is 0 Å². The molecular weight excluding hydrogens is 430 g/mol. The third-order valence-corrected chi connectivity index (χ3v) is 6.96. The fourth-order valence-corrected chi connectivity index (χ4v) is 4.84. The summed E-state index contributed by atoms with van der Waals surface area (Å²) in [5.41, 5.74) is 2.54. The van der Waals surface area contributed by atoms with Gasteiger partial charge < -0.3 is 18.8 Å². The van der Waals surface area contributed by atoms with Crippen LogP contribution in [0.5, 0.6) is 5.75 Å². The maximum atomic E-state index is 12.9. The Kier molecular flexibility index (Phi) is 5.94. The van der Waals surface area contributed by atoms with Gasteiger partial charge in [0.15, 0.2) is 11.6 Å². The van der Waals surface area contributed by atoms with Crippen LogP contribution in [0.1, 0.15) is 47.3 Å². The Bertz CT molecular complexity index is 1190. The van der Waals surface area contributed by atoms with E-state index in [1.807, 2.05) is 59.4 Å². The normalized spacial score (nSPS) is 18.5. The predicted octanol–water partition coefficient (Wildman–Crippen LogP) is 4.38. The molecule has 1 aliphatic carbocycles. The lowest BCUT2D eigenvalue weighted by Crippen LogP contribution is -2.41. The van der Waals surface area contributed by atoms with Crippen LogP contribution in [0.2, 0.25) is 0 Å². The summed E-state index contributed by atoms with van der Waals surface area (Å²) in [6.07, 6.45) is 8.36. The number of ether oxygens (including phenoxy) is 3. The monoisotopic (exact) mass is 457 g/mol. The maximum Gasteiger partial charge on any atom is 0.168 e. The number of Topliss-reactive ketones (excluding diaryl/α,β-unsaturated/α-hetero) is 1. The summed E-state index contributed by atoms with van der Waals surface area (Å²) in [7, 11) is 1.63. The van der Waals surface area contributed by atoms with Gasteiger partial charge in [0, 0.05) is 49.1 Å². The number of nitrogens with zero attached hydrogens (tertiary/aromatic N) is 3. The molecule has 3 heterocycles.